The van der Waals surface area contributed by atoms with Crippen LogP contribution >= 0.6 is 0 Å². The van der Waals surface area contributed by atoms with Gasteiger partial charge in [-0.1, -0.05) is 170 Å². The molecule has 0 spiro atoms. The number of carbonyl (C=O) groups excluding carboxylic acids is 5. The van der Waals surface area contributed by atoms with Crippen molar-refractivity contribution in [3.8, 4) is 0 Å². The molecule has 0 amide bonds. The van der Waals surface area contributed by atoms with Crippen LogP contribution in [0, 0.1) is 0 Å². The summed E-state index contributed by atoms with van der Waals surface area (Å²) in [4.78, 5) is 71.0. The Kier molecular flexibility index (Phi) is 28.3. The summed E-state index contributed by atoms with van der Waals surface area (Å²) in [5.74, 6) is -4.60. The smallest absolute Gasteiger partial charge is 0.338 e. The summed E-state index contributed by atoms with van der Waals surface area (Å²) in [6, 6.07) is 53.4. The highest BCUT2D eigenvalue weighted by atomic mass is 16.8. The Balaban J connectivity index is 1.06. The molecule has 26 nitrogen and oxygen atoms in total. The Morgan fingerprint density at radius 1 is 0.347 bits per heavy atom. The normalized spacial score (nSPS) is 29.5. The van der Waals surface area contributed by atoms with Gasteiger partial charge < -0.3 is 99.8 Å². The summed E-state index contributed by atoms with van der Waals surface area (Å²) in [7, 11) is 6.76. The van der Waals surface area contributed by atoms with Crippen molar-refractivity contribution in [3.05, 3.63) is 215 Å². The van der Waals surface area contributed by atoms with Gasteiger partial charge in [0.1, 0.15) is 93.1 Å². The Morgan fingerprint density at radius 3 is 1.23 bits per heavy atom. The zero-order chi connectivity index (χ0) is 71.2. The van der Waals surface area contributed by atoms with Gasteiger partial charge in [-0.15, -0.1) is 0 Å². The molecule has 4 fully saturated rings. The van der Waals surface area contributed by atoms with Gasteiger partial charge in [-0.05, 0) is 39.9 Å². The van der Waals surface area contributed by atoms with E-state index in [4.69, 9.17) is 94.7 Å². The summed E-state index contributed by atoms with van der Waals surface area (Å²) in [5, 5.41) is 11.7. The lowest BCUT2D eigenvalue weighted by Crippen LogP contribution is -2.69. The van der Waals surface area contributed by atoms with Gasteiger partial charge in [-0.25, -0.2) is 14.4 Å². The molecule has 0 saturated carbocycles. The fourth-order valence-electron chi connectivity index (χ4n) is 12.4. The fraction of sp³-hybridized carbons (Fsp3) is 0.453. The molecule has 0 radical (unpaired) electrons. The molecule has 0 aromatic heterocycles. The van der Waals surface area contributed by atoms with Gasteiger partial charge in [-0.3, -0.25) is 9.59 Å². The third-order valence-electron chi connectivity index (χ3n) is 17.3. The van der Waals surface area contributed by atoms with Crippen molar-refractivity contribution in [1.29, 1.82) is 0 Å². The summed E-state index contributed by atoms with van der Waals surface area (Å²) in [6.45, 7) is 0.987. The highest BCUT2D eigenvalue weighted by Crippen LogP contribution is 2.40. The van der Waals surface area contributed by atoms with Crippen molar-refractivity contribution in [2.45, 2.75) is 170 Å². The molecule has 542 valence electrons. The standard InChI is InChI=1S/C75H86O26/c1-45(76)88-44-54-57(98-73-65(85-6)58(82-3)55(78)59(99-73)70(80)91-41-50-32-20-11-21-33-50)62(93-46(2)77)67(90-40-49-30-18-10-19-31-49)74(95-54)100-63-61(84-5)68(96-69(79)52-36-24-13-25-37-52)75(101-64(63)71(81)92-42-51-34-22-12-23-35-51)97-56-53(43-87-38-47-26-14-8-15-27-47)94-72(86-7)66(60(56)83-4)89-39-48-28-16-9-17-29-48/h8-37,53-68,72-75,78H,38-44H2,1-7H3/t53-,54-,55+,56-,57-,58+,59+,60+,61+,62+,63+,64-,65-,66-,67-,68-,72+,73-,74-,75-/m1/s1. The maximum Gasteiger partial charge on any atom is 0.338 e. The molecule has 0 aliphatic carbocycles. The molecule has 0 bridgehead atoms. The molecular formula is C75H86O26. The number of hydrogen-bond donors (Lipinski definition) is 1. The van der Waals surface area contributed by atoms with Crippen molar-refractivity contribution in [3.63, 3.8) is 0 Å². The number of benzene rings is 6. The van der Waals surface area contributed by atoms with Gasteiger partial charge >= 0.3 is 29.8 Å². The first-order chi connectivity index (χ1) is 49.2. The number of methoxy groups -OCH3 is 5. The van der Waals surface area contributed by atoms with Crippen LogP contribution in [0.4, 0.5) is 0 Å². The molecule has 10 rings (SSSR count). The number of esters is 5. The van der Waals surface area contributed by atoms with E-state index in [2.05, 4.69) is 0 Å². The maximum absolute atomic E-state index is 15.5. The molecule has 6 aromatic rings. The van der Waals surface area contributed by atoms with Crippen LogP contribution in [0.15, 0.2) is 182 Å². The Morgan fingerprint density at radius 2 is 0.743 bits per heavy atom. The minimum atomic E-state index is -1.93. The number of aliphatic hydroxyl groups is 1. The summed E-state index contributed by atoms with van der Waals surface area (Å²) >= 11 is 0. The molecule has 4 aliphatic rings. The van der Waals surface area contributed by atoms with Crippen molar-refractivity contribution < 1.29 is 124 Å². The predicted octanol–water partition coefficient (Wildman–Crippen LogP) is 6.70. The van der Waals surface area contributed by atoms with E-state index >= 15 is 4.79 Å². The second kappa shape index (κ2) is 37.8. The first kappa shape index (κ1) is 75.7. The molecule has 1 N–H and O–H groups in total. The minimum absolute atomic E-state index is 0.0763. The third-order valence-corrected chi connectivity index (χ3v) is 17.3. The summed E-state index contributed by atoms with van der Waals surface area (Å²) < 4.78 is 128. The van der Waals surface area contributed by atoms with Gasteiger partial charge in [0.2, 0.25) is 0 Å². The maximum atomic E-state index is 15.5. The van der Waals surface area contributed by atoms with Crippen LogP contribution in [0.3, 0.4) is 0 Å². The van der Waals surface area contributed by atoms with Gasteiger partial charge in [0.15, 0.2) is 49.6 Å². The Labute approximate surface area is 585 Å². The Bertz CT molecular complexity index is 3490. The zero-order valence-electron chi connectivity index (χ0n) is 57.0. The van der Waals surface area contributed by atoms with Gasteiger partial charge in [0.05, 0.1) is 32.0 Å². The molecule has 26 heteroatoms. The summed E-state index contributed by atoms with van der Waals surface area (Å²) in [6.07, 6.45) is -30.6. The average Bonchev–Trinajstić information content (AvgIpc) is 0.761. The van der Waals surface area contributed by atoms with Crippen LogP contribution in [0.25, 0.3) is 0 Å². The van der Waals surface area contributed by atoms with Crippen molar-refractivity contribution in [1.82, 2.24) is 0 Å². The topological polar surface area (TPSA) is 290 Å². The van der Waals surface area contributed by atoms with Crippen LogP contribution in [-0.4, -0.2) is 207 Å². The van der Waals surface area contributed by atoms with E-state index < -0.39 is 159 Å². The number of rotatable bonds is 32. The van der Waals surface area contributed by atoms with Gasteiger partial charge in [-0.2, -0.15) is 0 Å². The predicted molar refractivity (Wildman–Crippen MR) is 352 cm³/mol. The quantitative estimate of drug-likeness (QED) is 0.0339. The molecular weight excluding hydrogens is 1320 g/mol. The van der Waals surface area contributed by atoms with E-state index in [0.29, 0.717) is 16.7 Å². The molecule has 6 aromatic carbocycles. The second-order valence-corrected chi connectivity index (χ2v) is 24.1. The van der Waals surface area contributed by atoms with E-state index in [1.807, 2.05) is 60.7 Å². The van der Waals surface area contributed by atoms with Crippen LogP contribution < -0.4 is 0 Å². The molecule has 101 heavy (non-hydrogen) atoms. The van der Waals surface area contributed by atoms with Crippen LogP contribution in [0.2, 0.25) is 0 Å². The number of carbonyl (C=O) groups is 5. The average molecular weight is 1400 g/mol. The van der Waals surface area contributed by atoms with E-state index in [0.717, 1.165) is 25.0 Å². The highest BCUT2D eigenvalue weighted by Gasteiger charge is 2.61. The largest absolute Gasteiger partial charge is 0.463 e. The van der Waals surface area contributed by atoms with Crippen molar-refractivity contribution in [2.24, 2.45) is 0 Å². The molecule has 4 aliphatic heterocycles. The lowest BCUT2D eigenvalue weighted by atomic mass is 9.94. The Hall–Kier alpha value is -7.97. The highest BCUT2D eigenvalue weighted by molar-refractivity contribution is 5.89. The first-order valence-electron chi connectivity index (χ1n) is 33.0. The van der Waals surface area contributed by atoms with Gasteiger partial charge in [0.25, 0.3) is 0 Å². The van der Waals surface area contributed by atoms with E-state index in [9.17, 15) is 24.3 Å². The van der Waals surface area contributed by atoms with Crippen molar-refractivity contribution in [2.75, 3.05) is 48.8 Å². The van der Waals surface area contributed by atoms with Crippen LogP contribution in [0.5, 0.6) is 0 Å². The lowest BCUT2D eigenvalue weighted by Gasteiger charge is -2.51. The fourth-order valence-corrected chi connectivity index (χ4v) is 12.4. The number of ether oxygens (including phenoxy) is 20. The monoisotopic (exact) mass is 1400 g/mol. The number of aliphatic hydroxyl groups excluding tert-OH is 1. The van der Waals surface area contributed by atoms with Crippen LogP contribution in [0.1, 0.15) is 52.0 Å². The molecule has 0 unspecified atom stereocenters. The van der Waals surface area contributed by atoms with E-state index in [-0.39, 0.29) is 45.2 Å². The molecule has 20 atom stereocenters. The minimum Gasteiger partial charge on any atom is -0.463 e. The van der Waals surface area contributed by atoms with E-state index in [1.54, 1.807) is 109 Å². The number of hydrogen-bond acceptors (Lipinski definition) is 26. The molecule has 4 saturated heterocycles. The summed E-state index contributed by atoms with van der Waals surface area (Å²) in [5.41, 5.74) is 3.60. The zero-order valence-corrected chi connectivity index (χ0v) is 57.0. The van der Waals surface area contributed by atoms with Crippen molar-refractivity contribution >= 4 is 29.8 Å². The SMILES string of the molecule is CO[C@H]1O[C@H](COCc2ccccc2)[C@@H](O[C@@H]2O[C@@H](C(=O)OCc3ccccc3)[C@@H](O[C@H]3O[C@H](COC(C)=O)[C@@H](O[C@@H]4O[C@H](C(=O)OCc5ccccc5)[C@@H](O)[C@H](OC)[C@H]4OC)[C@H](OC(C)=O)[C@H]3OCc3ccccc3)[C@H](OC)[C@H]2OC(=O)c2ccccc2)[C@H](OC)[C@H]1OCc1ccccc1. The van der Waals surface area contributed by atoms with Gasteiger partial charge in [0, 0.05) is 49.4 Å². The first-order valence-corrected chi connectivity index (χ1v) is 33.0. The lowest BCUT2D eigenvalue weighted by molar-refractivity contribution is -0.389. The third kappa shape index (κ3) is 20.0. The molecule has 4 heterocycles. The van der Waals surface area contributed by atoms with Crippen LogP contribution in [-0.2, 0) is 147 Å². The van der Waals surface area contributed by atoms with E-state index in [1.165, 1.54) is 47.7 Å². The second-order valence-electron chi connectivity index (χ2n) is 24.1.